The van der Waals surface area contributed by atoms with Crippen molar-refractivity contribution in [2.24, 2.45) is 7.05 Å². The van der Waals surface area contributed by atoms with E-state index in [1.54, 1.807) is 10.9 Å². The summed E-state index contributed by atoms with van der Waals surface area (Å²) >= 11 is 0. The zero-order chi connectivity index (χ0) is 12.7. The van der Waals surface area contributed by atoms with Crippen LogP contribution in [0.1, 0.15) is 31.9 Å². The van der Waals surface area contributed by atoms with Gasteiger partial charge in [0.15, 0.2) is 0 Å². The highest BCUT2D eigenvalue weighted by Crippen LogP contribution is 2.04. The van der Waals surface area contributed by atoms with Gasteiger partial charge in [-0.3, -0.25) is 14.8 Å². The van der Waals surface area contributed by atoms with Crippen molar-refractivity contribution in [1.82, 2.24) is 15.1 Å². The molecule has 5 nitrogen and oxygen atoms in total. The summed E-state index contributed by atoms with van der Waals surface area (Å²) in [5, 5.41) is 7.30. The molecule has 1 aromatic rings. The van der Waals surface area contributed by atoms with Gasteiger partial charge in [0, 0.05) is 19.8 Å². The second-order valence-electron chi connectivity index (χ2n) is 4.05. The van der Waals surface area contributed by atoms with Crippen LogP contribution in [0.2, 0.25) is 0 Å². The molecule has 0 aliphatic heterocycles. The highest BCUT2D eigenvalue weighted by Gasteiger charge is 2.17. The molecule has 0 bridgehead atoms. The minimum Gasteiger partial charge on any atom is -0.468 e. The number of unbranched alkanes of at least 4 members (excludes halogenated alkanes) is 1. The van der Waals surface area contributed by atoms with Gasteiger partial charge in [-0.25, -0.2) is 0 Å². The number of nitrogens with zero attached hydrogens (tertiary/aromatic N) is 2. The highest BCUT2D eigenvalue weighted by atomic mass is 16.5. The Hall–Kier alpha value is -1.36. The predicted molar refractivity (Wildman–Crippen MR) is 65.4 cm³/mol. The van der Waals surface area contributed by atoms with E-state index < -0.39 is 0 Å². The first-order chi connectivity index (χ1) is 8.19. The van der Waals surface area contributed by atoms with Gasteiger partial charge in [-0.15, -0.1) is 0 Å². The Labute approximate surface area is 102 Å². The lowest BCUT2D eigenvalue weighted by Crippen LogP contribution is -2.37. The SMILES string of the molecule is CCCCC(NCc1ccnn1C)C(=O)OC. The molecule has 0 saturated heterocycles. The van der Waals surface area contributed by atoms with Crippen LogP contribution in [-0.2, 0) is 23.1 Å². The summed E-state index contributed by atoms with van der Waals surface area (Å²) in [7, 11) is 3.31. The Morgan fingerprint density at radius 2 is 2.41 bits per heavy atom. The molecule has 5 heteroatoms. The zero-order valence-corrected chi connectivity index (χ0v) is 10.8. The monoisotopic (exact) mass is 239 g/mol. The van der Waals surface area contributed by atoms with Crippen LogP contribution in [0, 0.1) is 0 Å². The maximum absolute atomic E-state index is 11.6. The minimum atomic E-state index is -0.227. The molecule has 0 aromatic carbocycles. The fourth-order valence-electron chi connectivity index (χ4n) is 1.66. The van der Waals surface area contributed by atoms with Crippen LogP contribution in [0.3, 0.4) is 0 Å². The molecule has 1 aromatic heterocycles. The number of esters is 1. The van der Waals surface area contributed by atoms with Crippen molar-refractivity contribution < 1.29 is 9.53 Å². The summed E-state index contributed by atoms with van der Waals surface area (Å²) in [6.07, 6.45) is 4.64. The third kappa shape index (κ3) is 4.19. The summed E-state index contributed by atoms with van der Waals surface area (Å²) < 4.78 is 6.58. The zero-order valence-electron chi connectivity index (χ0n) is 10.8. The molecular formula is C12H21N3O2. The molecule has 96 valence electrons. The number of aryl methyl sites for hydroxylation is 1. The number of carbonyl (C=O) groups is 1. The largest absolute Gasteiger partial charge is 0.468 e. The molecule has 0 aliphatic carbocycles. The van der Waals surface area contributed by atoms with Crippen LogP contribution in [0.5, 0.6) is 0 Å². The van der Waals surface area contributed by atoms with E-state index in [-0.39, 0.29) is 12.0 Å². The molecule has 1 rings (SSSR count). The second kappa shape index (κ2) is 7.06. The van der Waals surface area contributed by atoms with Crippen molar-refractivity contribution in [3.05, 3.63) is 18.0 Å². The van der Waals surface area contributed by atoms with Crippen molar-refractivity contribution >= 4 is 5.97 Å². The Morgan fingerprint density at radius 1 is 1.65 bits per heavy atom. The van der Waals surface area contributed by atoms with E-state index in [9.17, 15) is 4.79 Å². The molecule has 0 radical (unpaired) electrons. The maximum Gasteiger partial charge on any atom is 0.322 e. The van der Waals surface area contributed by atoms with Crippen LogP contribution < -0.4 is 5.32 Å². The quantitative estimate of drug-likeness (QED) is 0.727. The lowest BCUT2D eigenvalue weighted by atomic mass is 10.1. The molecule has 1 unspecified atom stereocenters. The Kier molecular flexibility index (Phi) is 5.69. The molecule has 0 spiro atoms. The van der Waals surface area contributed by atoms with Crippen LogP contribution >= 0.6 is 0 Å². The van der Waals surface area contributed by atoms with E-state index in [0.29, 0.717) is 6.54 Å². The van der Waals surface area contributed by atoms with E-state index >= 15 is 0 Å². The van der Waals surface area contributed by atoms with Crippen molar-refractivity contribution in [2.45, 2.75) is 38.8 Å². The first-order valence-corrected chi connectivity index (χ1v) is 5.97. The van der Waals surface area contributed by atoms with Gasteiger partial charge in [0.25, 0.3) is 0 Å². The number of ether oxygens (including phenoxy) is 1. The maximum atomic E-state index is 11.6. The first-order valence-electron chi connectivity index (χ1n) is 5.97. The number of aromatic nitrogens is 2. The van der Waals surface area contributed by atoms with Gasteiger partial charge in [-0.1, -0.05) is 19.8 Å². The average molecular weight is 239 g/mol. The average Bonchev–Trinajstić information content (AvgIpc) is 2.74. The smallest absolute Gasteiger partial charge is 0.322 e. The van der Waals surface area contributed by atoms with Crippen LogP contribution in [-0.4, -0.2) is 28.9 Å². The van der Waals surface area contributed by atoms with Gasteiger partial charge in [0.1, 0.15) is 6.04 Å². The molecule has 0 fully saturated rings. The van der Waals surface area contributed by atoms with E-state index in [4.69, 9.17) is 4.74 Å². The lowest BCUT2D eigenvalue weighted by molar-refractivity contribution is -0.143. The molecule has 17 heavy (non-hydrogen) atoms. The van der Waals surface area contributed by atoms with Gasteiger partial charge < -0.3 is 4.74 Å². The predicted octanol–water partition coefficient (Wildman–Crippen LogP) is 1.24. The Balaban J connectivity index is 2.48. The third-order valence-corrected chi connectivity index (χ3v) is 2.78. The Bertz CT molecular complexity index is 349. The van der Waals surface area contributed by atoms with E-state index in [0.717, 1.165) is 25.0 Å². The fraction of sp³-hybridized carbons (Fsp3) is 0.667. The Morgan fingerprint density at radius 3 is 2.94 bits per heavy atom. The van der Waals surface area contributed by atoms with Gasteiger partial charge >= 0.3 is 5.97 Å². The molecule has 0 amide bonds. The number of carbonyl (C=O) groups excluding carboxylic acids is 1. The summed E-state index contributed by atoms with van der Waals surface area (Å²) in [6, 6.07) is 1.70. The molecule has 1 atom stereocenters. The van der Waals surface area contributed by atoms with Gasteiger partial charge in [0.05, 0.1) is 12.8 Å². The first kappa shape index (κ1) is 13.7. The summed E-state index contributed by atoms with van der Waals surface area (Å²) in [5.41, 5.74) is 1.05. The van der Waals surface area contributed by atoms with Gasteiger partial charge in [0.2, 0.25) is 0 Å². The molecule has 1 heterocycles. The summed E-state index contributed by atoms with van der Waals surface area (Å²) in [5.74, 6) is -0.194. The minimum absolute atomic E-state index is 0.194. The second-order valence-corrected chi connectivity index (χ2v) is 4.05. The molecule has 0 saturated carbocycles. The van der Waals surface area contributed by atoms with Crippen LogP contribution in [0.4, 0.5) is 0 Å². The number of hydrogen-bond acceptors (Lipinski definition) is 4. The standard InChI is InChI=1S/C12H21N3O2/c1-4-5-6-11(12(16)17-3)13-9-10-7-8-14-15(10)2/h7-8,11,13H,4-6,9H2,1-3H3. The molecule has 0 aliphatic rings. The topological polar surface area (TPSA) is 56.2 Å². The van der Waals surface area contributed by atoms with E-state index in [1.807, 2.05) is 13.1 Å². The number of methoxy groups -OCH3 is 1. The van der Waals surface area contributed by atoms with Crippen molar-refractivity contribution in [3.63, 3.8) is 0 Å². The molecule has 1 N–H and O–H groups in total. The number of rotatable bonds is 7. The number of hydrogen-bond donors (Lipinski definition) is 1. The normalized spacial score (nSPS) is 12.4. The highest BCUT2D eigenvalue weighted by molar-refractivity contribution is 5.75. The van der Waals surface area contributed by atoms with Crippen LogP contribution in [0.25, 0.3) is 0 Å². The van der Waals surface area contributed by atoms with Gasteiger partial charge in [-0.2, -0.15) is 5.10 Å². The van der Waals surface area contributed by atoms with E-state index in [2.05, 4.69) is 17.3 Å². The summed E-state index contributed by atoms with van der Waals surface area (Å²) in [4.78, 5) is 11.6. The van der Waals surface area contributed by atoms with Gasteiger partial charge in [-0.05, 0) is 12.5 Å². The van der Waals surface area contributed by atoms with Crippen molar-refractivity contribution in [1.29, 1.82) is 0 Å². The van der Waals surface area contributed by atoms with Crippen molar-refractivity contribution in [2.75, 3.05) is 7.11 Å². The van der Waals surface area contributed by atoms with E-state index in [1.165, 1.54) is 7.11 Å². The summed E-state index contributed by atoms with van der Waals surface area (Å²) in [6.45, 7) is 2.73. The third-order valence-electron chi connectivity index (χ3n) is 2.78. The van der Waals surface area contributed by atoms with Crippen LogP contribution in [0.15, 0.2) is 12.3 Å². The fourth-order valence-corrected chi connectivity index (χ4v) is 1.66. The van der Waals surface area contributed by atoms with Crippen molar-refractivity contribution in [3.8, 4) is 0 Å². The number of nitrogens with one attached hydrogen (secondary N) is 1. The lowest BCUT2D eigenvalue weighted by Gasteiger charge is -2.16. The molecular weight excluding hydrogens is 218 g/mol.